The highest BCUT2D eigenvalue weighted by atomic mass is 32.2. The average Bonchev–Trinajstić information content (AvgIpc) is 2.72. The number of benzene rings is 2. The number of methoxy groups -OCH3 is 1. The van der Waals surface area contributed by atoms with Crippen molar-refractivity contribution in [3.63, 3.8) is 0 Å². The van der Waals surface area contributed by atoms with Crippen LogP contribution in [0, 0.1) is 12.8 Å². The smallest absolute Gasteiger partial charge is 0.261 e. The molecule has 0 amide bonds. The van der Waals surface area contributed by atoms with Gasteiger partial charge in [0.15, 0.2) is 0 Å². The second-order valence-electron chi connectivity index (χ2n) is 7.28. The Morgan fingerprint density at radius 2 is 1.83 bits per heavy atom. The van der Waals surface area contributed by atoms with Gasteiger partial charge in [-0.05, 0) is 54.8 Å². The standard InChI is InChI=1S/C22H25N3O4S/c1-15(2)14-29-22-11-9-20(23-24-22)17-6-5-7-18(13-17)25-30(26,27)19-8-10-21(28-4)16(3)12-19/h5-13,15,25H,14H2,1-4H3. The maximum absolute atomic E-state index is 12.8. The number of hydrogen-bond acceptors (Lipinski definition) is 6. The Bertz CT molecular complexity index is 1110. The molecule has 0 saturated carbocycles. The molecule has 8 heteroatoms. The Balaban J connectivity index is 1.79. The van der Waals surface area contributed by atoms with E-state index in [9.17, 15) is 8.42 Å². The zero-order valence-electron chi connectivity index (χ0n) is 17.4. The molecule has 1 aromatic heterocycles. The predicted octanol–water partition coefficient (Wildman–Crippen LogP) is 4.30. The number of sulfonamides is 1. The van der Waals surface area contributed by atoms with Crippen LogP contribution in [-0.4, -0.2) is 32.3 Å². The van der Waals surface area contributed by atoms with E-state index in [-0.39, 0.29) is 4.90 Å². The molecule has 1 heterocycles. The molecule has 0 bridgehead atoms. The number of rotatable bonds is 8. The lowest BCUT2D eigenvalue weighted by molar-refractivity contribution is 0.258. The molecule has 0 aliphatic rings. The maximum atomic E-state index is 12.8. The van der Waals surface area contributed by atoms with Gasteiger partial charge in [-0.2, -0.15) is 0 Å². The fraction of sp³-hybridized carbons (Fsp3) is 0.273. The molecule has 0 radical (unpaired) electrons. The molecule has 0 atom stereocenters. The van der Waals surface area contributed by atoms with Crippen LogP contribution in [0.3, 0.4) is 0 Å². The summed E-state index contributed by atoms with van der Waals surface area (Å²) in [6.45, 7) is 6.48. The Kier molecular flexibility index (Phi) is 6.56. The van der Waals surface area contributed by atoms with Crippen molar-refractivity contribution in [2.24, 2.45) is 5.92 Å². The third kappa shape index (κ3) is 5.27. The lowest BCUT2D eigenvalue weighted by Gasteiger charge is -2.11. The number of nitrogens with one attached hydrogen (secondary N) is 1. The first kappa shape index (κ1) is 21.6. The third-order valence-electron chi connectivity index (χ3n) is 4.29. The average molecular weight is 428 g/mol. The van der Waals surface area contributed by atoms with E-state index in [1.54, 1.807) is 56.5 Å². The van der Waals surface area contributed by atoms with E-state index < -0.39 is 10.0 Å². The second kappa shape index (κ2) is 9.13. The second-order valence-corrected chi connectivity index (χ2v) is 8.96. The molecule has 30 heavy (non-hydrogen) atoms. The highest BCUT2D eigenvalue weighted by Crippen LogP contribution is 2.25. The fourth-order valence-corrected chi connectivity index (χ4v) is 3.91. The summed E-state index contributed by atoms with van der Waals surface area (Å²) in [4.78, 5) is 0.164. The number of hydrogen-bond donors (Lipinski definition) is 1. The van der Waals surface area contributed by atoms with E-state index in [1.165, 1.54) is 6.07 Å². The summed E-state index contributed by atoms with van der Waals surface area (Å²) in [5, 5.41) is 8.27. The molecule has 3 rings (SSSR count). The van der Waals surface area contributed by atoms with Gasteiger partial charge in [-0.15, -0.1) is 10.2 Å². The Labute approximate surface area is 177 Å². The molecule has 7 nitrogen and oxygen atoms in total. The van der Waals surface area contributed by atoms with Gasteiger partial charge in [0, 0.05) is 17.3 Å². The summed E-state index contributed by atoms with van der Waals surface area (Å²) in [5.41, 5.74) is 2.53. The number of nitrogens with zero attached hydrogens (tertiary/aromatic N) is 2. The SMILES string of the molecule is COc1ccc(S(=O)(=O)Nc2cccc(-c3ccc(OCC(C)C)nn3)c2)cc1C. The van der Waals surface area contributed by atoms with Gasteiger partial charge in [-0.1, -0.05) is 26.0 Å². The maximum Gasteiger partial charge on any atom is 0.261 e. The van der Waals surface area contributed by atoms with Crippen molar-refractivity contribution >= 4 is 15.7 Å². The monoisotopic (exact) mass is 427 g/mol. The molecular formula is C22H25N3O4S. The quantitative estimate of drug-likeness (QED) is 0.577. The molecule has 0 aliphatic heterocycles. The van der Waals surface area contributed by atoms with E-state index in [4.69, 9.17) is 9.47 Å². The molecule has 0 spiro atoms. The number of aryl methyl sites for hydroxylation is 1. The lowest BCUT2D eigenvalue weighted by Crippen LogP contribution is -2.13. The van der Waals surface area contributed by atoms with Crippen molar-refractivity contribution in [2.45, 2.75) is 25.7 Å². The van der Waals surface area contributed by atoms with Crippen LogP contribution in [0.5, 0.6) is 11.6 Å². The summed E-state index contributed by atoms with van der Waals surface area (Å²) in [5.74, 6) is 1.49. The van der Waals surface area contributed by atoms with Gasteiger partial charge in [-0.25, -0.2) is 8.42 Å². The normalized spacial score (nSPS) is 11.4. The van der Waals surface area contributed by atoms with Crippen molar-refractivity contribution in [1.29, 1.82) is 0 Å². The van der Waals surface area contributed by atoms with E-state index in [0.29, 0.717) is 35.5 Å². The first-order valence-corrected chi connectivity index (χ1v) is 11.0. The first-order chi connectivity index (χ1) is 14.3. The largest absolute Gasteiger partial charge is 0.496 e. The summed E-state index contributed by atoms with van der Waals surface area (Å²) in [6.07, 6.45) is 0. The summed E-state index contributed by atoms with van der Waals surface area (Å²) >= 11 is 0. The first-order valence-electron chi connectivity index (χ1n) is 9.53. The van der Waals surface area contributed by atoms with Crippen LogP contribution in [0.2, 0.25) is 0 Å². The van der Waals surface area contributed by atoms with Crippen LogP contribution in [0.4, 0.5) is 5.69 Å². The molecule has 0 aliphatic carbocycles. The minimum Gasteiger partial charge on any atom is -0.496 e. The highest BCUT2D eigenvalue weighted by molar-refractivity contribution is 7.92. The fourth-order valence-electron chi connectivity index (χ4n) is 2.78. The summed E-state index contributed by atoms with van der Waals surface area (Å²) in [6, 6.07) is 15.3. The molecular weight excluding hydrogens is 402 g/mol. The van der Waals surface area contributed by atoms with E-state index >= 15 is 0 Å². The molecule has 0 fully saturated rings. The van der Waals surface area contributed by atoms with Gasteiger partial charge < -0.3 is 9.47 Å². The Morgan fingerprint density at radius 1 is 1.03 bits per heavy atom. The predicted molar refractivity (Wildman–Crippen MR) is 116 cm³/mol. The van der Waals surface area contributed by atoms with Gasteiger partial charge in [-0.3, -0.25) is 4.72 Å². The van der Waals surface area contributed by atoms with Gasteiger partial charge in [0.25, 0.3) is 10.0 Å². The molecule has 1 N–H and O–H groups in total. The minimum absolute atomic E-state index is 0.164. The minimum atomic E-state index is -3.74. The number of aromatic nitrogens is 2. The summed E-state index contributed by atoms with van der Waals surface area (Å²) < 4.78 is 38.9. The molecule has 3 aromatic rings. The van der Waals surface area contributed by atoms with Gasteiger partial charge in [0.2, 0.25) is 5.88 Å². The third-order valence-corrected chi connectivity index (χ3v) is 5.67. The molecule has 2 aromatic carbocycles. The number of ether oxygens (including phenoxy) is 2. The van der Waals surface area contributed by atoms with E-state index in [2.05, 4.69) is 28.8 Å². The van der Waals surface area contributed by atoms with E-state index in [1.807, 2.05) is 6.07 Å². The van der Waals surface area contributed by atoms with Crippen molar-refractivity contribution in [3.8, 4) is 22.9 Å². The van der Waals surface area contributed by atoms with Crippen LogP contribution in [0.15, 0.2) is 59.5 Å². The van der Waals surface area contributed by atoms with Crippen molar-refractivity contribution in [3.05, 3.63) is 60.2 Å². The van der Waals surface area contributed by atoms with Gasteiger partial charge >= 0.3 is 0 Å². The van der Waals surface area contributed by atoms with Crippen LogP contribution in [-0.2, 0) is 10.0 Å². The van der Waals surface area contributed by atoms with Crippen molar-refractivity contribution in [2.75, 3.05) is 18.4 Å². The highest BCUT2D eigenvalue weighted by Gasteiger charge is 2.16. The topological polar surface area (TPSA) is 90.4 Å². The van der Waals surface area contributed by atoms with Crippen LogP contribution in [0.1, 0.15) is 19.4 Å². The molecule has 0 unspecified atom stereocenters. The summed E-state index contributed by atoms with van der Waals surface area (Å²) in [7, 11) is -2.20. The zero-order chi connectivity index (χ0) is 21.7. The van der Waals surface area contributed by atoms with Crippen LogP contribution in [0.25, 0.3) is 11.3 Å². The molecule has 158 valence electrons. The van der Waals surface area contributed by atoms with Crippen molar-refractivity contribution in [1.82, 2.24) is 10.2 Å². The van der Waals surface area contributed by atoms with Crippen molar-refractivity contribution < 1.29 is 17.9 Å². The Hall–Kier alpha value is -3.13. The zero-order valence-corrected chi connectivity index (χ0v) is 18.2. The molecule has 0 saturated heterocycles. The van der Waals surface area contributed by atoms with Crippen LogP contribution < -0.4 is 14.2 Å². The van der Waals surface area contributed by atoms with E-state index in [0.717, 1.165) is 11.1 Å². The lowest BCUT2D eigenvalue weighted by atomic mass is 10.1. The van der Waals surface area contributed by atoms with Gasteiger partial charge in [0.05, 0.1) is 24.3 Å². The van der Waals surface area contributed by atoms with Crippen LogP contribution >= 0.6 is 0 Å². The number of anilines is 1. The van der Waals surface area contributed by atoms with Gasteiger partial charge in [0.1, 0.15) is 5.75 Å². The Morgan fingerprint density at radius 3 is 2.47 bits per heavy atom.